The van der Waals surface area contributed by atoms with Crippen molar-refractivity contribution < 1.29 is 67.3 Å². The van der Waals surface area contributed by atoms with Crippen LogP contribution in [0.25, 0.3) is 0 Å². The van der Waals surface area contributed by atoms with Crippen molar-refractivity contribution in [3.8, 4) is 0 Å². The molecule has 17 nitrogen and oxygen atoms in total. The van der Waals surface area contributed by atoms with Crippen molar-refractivity contribution in [2.45, 2.75) is 179 Å². The Morgan fingerprint density at radius 1 is 0.982 bits per heavy atom. The summed E-state index contributed by atoms with van der Waals surface area (Å²) < 4.78 is 49.4. The maximum Gasteiger partial charge on any atom is 0.408 e. The molecule has 6 N–H and O–H groups in total. The number of esters is 1. The lowest BCUT2D eigenvalue weighted by Gasteiger charge is -2.49. The Morgan fingerprint density at radius 2 is 1.64 bits per heavy atom. The van der Waals surface area contributed by atoms with E-state index >= 15 is 0 Å². The predicted octanol–water partition coefficient (Wildman–Crippen LogP) is 2.30. The molecular weight excluding hydrogens is 722 g/mol. The Kier molecular flexibility index (Phi) is 14.3. The van der Waals surface area contributed by atoms with Crippen molar-refractivity contribution in [3.05, 3.63) is 0 Å². The van der Waals surface area contributed by atoms with E-state index in [1.54, 1.807) is 69.4 Å². The molecule has 17 heteroatoms. The summed E-state index contributed by atoms with van der Waals surface area (Å²) in [5.41, 5.74) is 1.50. The first-order valence-electron chi connectivity index (χ1n) is 19.5. The van der Waals surface area contributed by atoms with Crippen LogP contribution in [0.15, 0.2) is 0 Å². The van der Waals surface area contributed by atoms with Crippen LogP contribution in [0.5, 0.6) is 0 Å². The first kappa shape index (κ1) is 45.1. The summed E-state index contributed by atoms with van der Waals surface area (Å²) in [5, 5.41) is 28.3. The van der Waals surface area contributed by atoms with Crippen LogP contribution >= 0.6 is 0 Å². The van der Waals surface area contributed by atoms with Gasteiger partial charge in [0.1, 0.15) is 35.8 Å². The highest BCUT2D eigenvalue weighted by Gasteiger charge is 2.58. The van der Waals surface area contributed by atoms with Crippen LogP contribution in [-0.2, 0) is 47.5 Å². The molecule has 0 aromatic carbocycles. The molecule has 0 bridgehead atoms. The van der Waals surface area contributed by atoms with Gasteiger partial charge >= 0.3 is 18.2 Å². The van der Waals surface area contributed by atoms with Gasteiger partial charge in [0.15, 0.2) is 18.2 Å². The largest absolute Gasteiger partial charge is 0.458 e. The lowest BCUT2D eigenvalue weighted by atomic mass is 9.73. The Bertz CT molecular complexity index is 1390. The Hall–Kier alpha value is -2.64. The van der Waals surface area contributed by atoms with Gasteiger partial charge in [-0.2, -0.15) is 0 Å². The van der Waals surface area contributed by atoms with Gasteiger partial charge in [-0.05, 0) is 67.9 Å². The number of nitrogens with two attached hydrogens (primary N) is 1. The summed E-state index contributed by atoms with van der Waals surface area (Å²) in [6.45, 7) is 16.9. The molecule has 0 radical (unpaired) electrons. The number of Topliss-reactive ketones (excluding diaryl/α,β-unsaturated/α-hetero) is 1. The van der Waals surface area contributed by atoms with Gasteiger partial charge in [0.05, 0.1) is 35.9 Å². The summed E-state index contributed by atoms with van der Waals surface area (Å²) in [6.07, 6.45) is -10.2. The third-order valence-corrected chi connectivity index (χ3v) is 12.5. The molecule has 0 spiro atoms. The molecule has 4 rings (SSSR count). The Balaban J connectivity index is 1.91. The maximum atomic E-state index is 14.4. The summed E-state index contributed by atoms with van der Waals surface area (Å²) in [5.74, 6) is -4.68. The molecule has 4 saturated heterocycles. The average Bonchev–Trinajstić information content (AvgIpc) is 3.43. The number of rotatable bonds is 8. The zero-order valence-electron chi connectivity index (χ0n) is 34.4. The van der Waals surface area contributed by atoms with E-state index in [0.29, 0.717) is 6.42 Å². The number of hydrogen-bond acceptors (Lipinski definition) is 15. The fourth-order valence-electron chi connectivity index (χ4n) is 9.27. The quantitative estimate of drug-likeness (QED) is 0.176. The van der Waals surface area contributed by atoms with E-state index < -0.39 is 120 Å². The number of aliphatic hydroxyl groups excluding tert-OH is 2. The van der Waals surface area contributed by atoms with Crippen LogP contribution in [0.3, 0.4) is 0 Å². The lowest BCUT2D eigenvalue weighted by Crippen LogP contribution is -2.62. The number of amides is 2. The number of primary amides is 1. The van der Waals surface area contributed by atoms with Gasteiger partial charge in [-0.1, -0.05) is 27.7 Å². The van der Waals surface area contributed by atoms with Crippen LogP contribution in [-0.4, -0.2) is 133 Å². The van der Waals surface area contributed by atoms with Crippen molar-refractivity contribution in [2.24, 2.45) is 29.4 Å². The second-order valence-electron chi connectivity index (χ2n) is 16.7. The third kappa shape index (κ3) is 9.24. The van der Waals surface area contributed by atoms with Gasteiger partial charge in [-0.25, -0.2) is 9.59 Å². The minimum Gasteiger partial charge on any atom is -0.458 e. The summed E-state index contributed by atoms with van der Waals surface area (Å²) in [6, 6.07) is -1.32. The Morgan fingerprint density at radius 3 is 2.22 bits per heavy atom. The number of carbonyl (C=O) groups is 4. The van der Waals surface area contributed by atoms with Gasteiger partial charge in [-0.3, -0.25) is 9.59 Å². The second-order valence-corrected chi connectivity index (χ2v) is 16.7. The van der Waals surface area contributed by atoms with Gasteiger partial charge in [0, 0.05) is 37.3 Å². The van der Waals surface area contributed by atoms with Gasteiger partial charge < -0.3 is 64.5 Å². The number of ketones is 1. The first-order chi connectivity index (χ1) is 25.5. The van der Waals surface area contributed by atoms with Crippen molar-refractivity contribution in [3.63, 3.8) is 0 Å². The number of cyclic esters (lactones) is 1. The van der Waals surface area contributed by atoms with Crippen LogP contribution in [0, 0.1) is 23.7 Å². The smallest absolute Gasteiger partial charge is 0.408 e. The molecule has 0 aliphatic carbocycles. The molecule has 4 heterocycles. The highest BCUT2D eigenvalue weighted by molar-refractivity contribution is 5.85. The number of likely N-dealkylation sites (N-methyl/N-ethyl adjacent to an activating group) is 1. The minimum absolute atomic E-state index is 0.0643. The first-order valence-corrected chi connectivity index (χ1v) is 19.5. The number of hydrogen-bond donors (Lipinski definition) is 5. The molecular formula is C38H65N3O14. The normalized spacial score (nSPS) is 47.5. The molecule has 55 heavy (non-hydrogen) atoms. The van der Waals surface area contributed by atoms with Gasteiger partial charge in [-0.15, -0.1) is 0 Å². The van der Waals surface area contributed by atoms with Gasteiger partial charge in [0.25, 0.3) is 0 Å². The molecule has 2 amide bonds. The summed E-state index contributed by atoms with van der Waals surface area (Å²) >= 11 is 0. The number of carbonyl (C=O) groups excluding carboxylic acids is 4. The molecule has 316 valence electrons. The standard InChI is InChI=1S/C38H65N3O14/c1-13-24-38(10)29(41-35(47)55-38)19(4)26(42)17(2)15-37(9,54-34(39)46)31(53-33-27(43)23(40-11)14-18(3)49-33)20(5)28(21(6)32(45)51-24)52-25-16-36(8,48-12)30(44)22(7)50-25/h17-25,27-31,33,40,43-44H,13-16H2,1-12H3,(H2,39,46)(H,41,47)/t17-,18-,19+,20+,21-,22?,23+,24-,25+,27-,28+,29?,30+,31-,33+,36-,37-,38-/m1/s1. The zero-order valence-corrected chi connectivity index (χ0v) is 34.4. The van der Waals surface area contributed by atoms with E-state index in [9.17, 15) is 29.4 Å². The molecule has 4 fully saturated rings. The highest BCUT2D eigenvalue weighted by atomic mass is 16.7. The molecule has 0 saturated carbocycles. The lowest BCUT2D eigenvalue weighted by molar-refractivity contribution is -0.315. The topological polar surface area (TPSA) is 233 Å². The number of alkyl carbamates (subject to hydrolysis) is 1. The minimum atomic E-state index is -1.71. The summed E-state index contributed by atoms with van der Waals surface area (Å²) in [4.78, 5) is 54.4. The molecule has 18 atom stereocenters. The third-order valence-electron chi connectivity index (χ3n) is 12.5. The highest BCUT2D eigenvalue weighted by Crippen LogP contribution is 2.43. The van der Waals surface area contributed by atoms with Crippen molar-refractivity contribution >= 4 is 23.9 Å². The number of nitrogens with one attached hydrogen (secondary N) is 2. The van der Waals surface area contributed by atoms with E-state index in [1.807, 2.05) is 6.92 Å². The van der Waals surface area contributed by atoms with E-state index in [-0.39, 0.29) is 31.1 Å². The monoisotopic (exact) mass is 787 g/mol. The second kappa shape index (κ2) is 17.5. The number of aliphatic hydroxyl groups is 2. The fraction of sp³-hybridized carbons (Fsp3) is 0.895. The van der Waals surface area contributed by atoms with Crippen LogP contribution in [0.1, 0.15) is 94.9 Å². The Labute approximate surface area is 324 Å². The zero-order chi connectivity index (χ0) is 41.4. The number of ether oxygens (including phenoxy) is 8. The summed E-state index contributed by atoms with van der Waals surface area (Å²) in [7, 11) is 3.18. The molecule has 0 aromatic rings. The van der Waals surface area contributed by atoms with Crippen LogP contribution in [0.2, 0.25) is 0 Å². The molecule has 4 aliphatic rings. The van der Waals surface area contributed by atoms with E-state index in [0.717, 1.165) is 0 Å². The van der Waals surface area contributed by atoms with E-state index in [1.165, 1.54) is 7.11 Å². The van der Waals surface area contributed by atoms with Crippen LogP contribution < -0.4 is 16.4 Å². The molecule has 4 aliphatic heterocycles. The average molecular weight is 788 g/mol. The molecule has 2 unspecified atom stereocenters. The number of methoxy groups -OCH3 is 1. The maximum absolute atomic E-state index is 14.4. The van der Waals surface area contributed by atoms with Crippen molar-refractivity contribution in [1.82, 2.24) is 10.6 Å². The predicted molar refractivity (Wildman–Crippen MR) is 195 cm³/mol. The van der Waals surface area contributed by atoms with Crippen molar-refractivity contribution in [1.29, 1.82) is 0 Å². The van der Waals surface area contributed by atoms with Gasteiger partial charge in [0.2, 0.25) is 0 Å². The number of fused-ring (bicyclic) bond motifs is 1. The van der Waals surface area contributed by atoms with E-state index in [2.05, 4.69) is 10.6 Å². The molecule has 0 aromatic heterocycles. The fourth-order valence-corrected chi connectivity index (χ4v) is 9.27. The van der Waals surface area contributed by atoms with Crippen molar-refractivity contribution in [2.75, 3.05) is 14.2 Å². The SMILES string of the molecule is CC[C@H]1OC(=O)[C@H](C)[C@@H](O[C@H]2C[C@@](C)(OC)[C@@H](O)C(C)O2)[C@H](C)[C@@H](O[C@@H]2O[C@H](C)C[C@H](NC)[C@H]2O)[C@](C)(OC(N)=O)C[C@@H](C)C(=O)[C@H](C)C2NC(=O)O[C@@]21C. The van der Waals surface area contributed by atoms with Crippen LogP contribution in [0.4, 0.5) is 9.59 Å². The van der Waals surface area contributed by atoms with E-state index in [4.69, 9.17) is 43.6 Å².